The Morgan fingerprint density at radius 2 is 2.25 bits per heavy atom. The van der Waals surface area contributed by atoms with E-state index >= 15 is 0 Å². The van der Waals surface area contributed by atoms with Gasteiger partial charge in [-0.3, -0.25) is 9.79 Å². The van der Waals surface area contributed by atoms with E-state index in [1.165, 1.54) is 11.8 Å². The van der Waals surface area contributed by atoms with Crippen LogP contribution in [0.4, 0.5) is 5.82 Å². The highest BCUT2D eigenvalue weighted by Gasteiger charge is 2.32. The Balaban J connectivity index is 1.73. The van der Waals surface area contributed by atoms with E-state index in [1.807, 2.05) is 25.1 Å². The summed E-state index contributed by atoms with van der Waals surface area (Å²) in [6.45, 7) is 5.71. The fourth-order valence-electron chi connectivity index (χ4n) is 3.12. The van der Waals surface area contributed by atoms with Crippen LogP contribution >= 0.6 is 23.4 Å². The van der Waals surface area contributed by atoms with Gasteiger partial charge in [-0.05, 0) is 38.0 Å². The molecule has 0 radical (unpaired) electrons. The van der Waals surface area contributed by atoms with Crippen LogP contribution in [-0.4, -0.2) is 57.1 Å². The average Bonchev–Trinajstić information content (AvgIpc) is 3.12. The molecule has 0 unspecified atom stereocenters. The summed E-state index contributed by atoms with van der Waals surface area (Å²) in [5.41, 5.74) is 2.72. The second-order valence-corrected chi connectivity index (χ2v) is 7.78. The predicted octanol–water partition coefficient (Wildman–Crippen LogP) is 3.58. The van der Waals surface area contributed by atoms with Gasteiger partial charge in [-0.25, -0.2) is 9.67 Å². The number of esters is 1. The van der Waals surface area contributed by atoms with E-state index in [0.29, 0.717) is 17.4 Å². The minimum atomic E-state index is -0.254. The van der Waals surface area contributed by atoms with Gasteiger partial charge in [0.25, 0.3) is 0 Å². The van der Waals surface area contributed by atoms with Gasteiger partial charge in [0.05, 0.1) is 29.8 Å². The molecule has 2 aromatic rings. The van der Waals surface area contributed by atoms with Crippen molar-refractivity contribution in [1.82, 2.24) is 14.7 Å². The molecule has 0 spiro atoms. The molecule has 0 N–H and O–H groups in total. The molecule has 9 heteroatoms. The molecule has 0 fully saturated rings. The number of ether oxygens (including phenoxy) is 1. The van der Waals surface area contributed by atoms with Gasteiger partial charge in [-0.2, -0.15) is 5.10 Å². The van der Waals surface area contributed by atoms with Gasteiger partial charge in [0.1, 0.15) is 5.84 Å². The van der Waals surface area contributed by atoms with Crippen molar-refractivity contribution < 1.29 is 9.53 Å². The molecule has 7 nitrogen and oxygen atoms in total. The minimum absolute atomic E-state index is 0.205. The maximum Gasteiger partial charge on any atom is 0.316 e. The molecule has 0 bridgehead atoms. The van der Waals surface area contributed by atoms with Gasteiger partial charge in [0.2, 0.25) is 0 Å². The summed E-state index contributed by atoms with van der Waals surface area (Å²) in [7, 11) is 0. The smallest absolute Gasteiger partial charge is 0.316 e. The molecule has 0 saturated carbocycles. The summed E-state index contributed by atoms with van der Waals surface area (Å²) < 4.78 is 6.81. The fourth-order valence-corrected chi connectivity index (χ4v) is 4.11. The number of aryl methyl sites for hydroxylation is 1. The van der Waals surface area contributed by atoms with Crippen LogP contribution in [0.2, 0.25) is 5.02 Å². The summed E-state index contributed by atoms with van der Waals surface area (Å²) in [6, 6.07) is 5.80. The number of aliphatic imine (C=N–C) groups is 2. The summed E-state index contributed by atoms with van der Waals surface area (Å²) in [6.07, 6.45) is 2.73. The molecule has 28 heavy (non-hydrogen) atoms. The van der Waals surface area contributed by atoms with Crippen molar-refractivity contribution in [3.05, 3.63) is 40.5 Å². The van der Waals surface area contributed by atoms with E-state index in [-0.39, 0.29) is 11.7 Å². The van der Waals surface area contributed by atoms with Crippen LogP contribution in [0.15, 0.2) is 34.4 Å². The number of hydrogen-bond acceptors (Lipinski definition) is 7. The predicted molar refractivity (Wildman–Crippen MR) is 112 cm³/mol. The molecule has 146 valence electrons. The maximum absolute atomic E-state index is 11.8. The monoisotopic (exact) mass is 417 g/mol. The number of hydrogen-bond donors (Lipinski definition) is 0. The molecule has 0 atom stereocenters. The fraction of sp³-hybridized carbons (Fsp3) is 0.368. The lowest BCUT2D eigenvalue weighted by Crippen LogP contribution is -2.42. The molecule has 1 aromatic heterocycles. The largest absolute Gasteiger partial charge is 0.465 e. The zero-order valence-corrected chi connectivity index (χ0v) is 17.3. The quantitative estimate of drug-likeness (QED) is 0.711. The molecule has 0 amide bonds. The Kier molecular flexibility index (Phi) is 5.41. The zero-order chi connectivity index (χ0) is 19.7. The molecule has 3 heterocycles. The first-order valence-electron chi connectivity index (χ1n) is 9.12. The van der Waals surface area contributed by atoms with Gasteiger partial charge in [0.15, 0.2) is 11.0 Å². The van der Waals surface area contributed by atoms with Crippen molar-refractivity contribution in [3.63, 3.8) is 0 Å². The Labute approximate surface area is 172 Å². The van der Waals surface area contributed by atoms with Gasteiger partial charge in [-0.15, -0.1) is 0 Å². The van der Waals surface area contributed by atoms with E-state index in [4.69, 9.17) is 26.3 Å². The first kappa shape index (κ1) is 19.0. The van der Waals surface area contributed by atoms with Crippen LogP contribution in [-0.2, 0) is 9.53 Å². The third-order valence-corrected chi connectivity index (χ3v) is 5.86. The van der Waals surface area contributed by atoms with Crippen molar-refractivity contribution in [3.8, 4) is 5.69 Å². The molecular formula is C19H20ClN5O2S. The highest BCUT2D eigenvalue weighted by Crippen LogP contribution is 2.34. The van der Waals surface area contributed by atoms with Crippen molar-refractivity contribution >= 4 is 46.2 Å². The molecule has 2 aliphatic heterocycles. The van der Waals surface area contributed by atoms with Crippen LogP contribution < -0.4 is 0 Å². The van der Waals surface area contributed by atoms with E-state index in [1.54, 1.807) is 17.8 Å². The summed E-state index contributed by atoms with van der Waals surface area (Å²) in [4.78, 5) is 23.4. The van der Waals surface area contributed by atoms with Crippen molar-refractivity contribution in [1.29, 1.82) is 0 Å². The lowest BCUT2D eigenvalue weighted by Gasteiger charge is -2.32. The standard InChI is InChI=1S/C19H20ClN5O2S/c1-3-27-16(26)11-28-19-23-18-14(17-21-7-4-8-24(17)19)10-22-25(18)13-6-5-12(2)15(20)9-13/h5-6,9-10H,3-4,7-8,11H2,1-2H3. The number of halogens is 1. The number of rotatable bonds is 4. The maximum atomic E-state index is 11.8. The van der Waals surface area contributed by atoms with Crippen LogP contribution in [0, 0.1) is 6.92 Å². The highest BCUT2D eigenvalue weighted by molar-refractivity contribution is 8.14. The molecule has 4 rings (SSSR count). The number of fused-ring (bicyclic) bond motifs is 3. The molecule has 0 saturated heterocycles. The number of thioether (sulfide) groups is 1. The second kappa shape index (κ2) is 7.97. The van der Waals surface area contributed by atoms with Gasteiger partial charge in [0, 0.05) is 18.1 Å². The number of benzene rings is 1. The van der Waals surface area contributed by atoms with Crippen LogP contribution in [0.3, 0.4) is 0 Å². The molecular weight excluding hydrogens is 398 g/mol. The zero-order valence-electron chi connectivity index (χ0n) is 15.7. The normalized spacial score (nSPS) is 15.5. The third kappa shape index (κ3) is 3.54. The van der Waals surface area contributed by atoms with E-state index in [0.717, 1.165) is 47.3 Å². The molecule has 2 aliphatic rings. The van der Waals surface area contributed by atoms with Gasteiger partial charge >= 0.3 is 5.97 Å². The van der Waals surface area contributed by atoms with Gasteiger partial charge in [-0.1, -0.05) is 29.4 Å². The number of amidine groups is 2. The second-order valence-electron chi connectivity index (χ2n) is 6.43. The topological polar surface area (TPSA) is 72.1 Å². The first-order chi connectivity index (χ1) is 13.6. The summed E-state index contributed by atoms with van der Waals surface area (Å²) in [5.74, 6) is 1.50. The SMILES string of the molecule is CCOC(=O)CSC1=Nc2c(cnn2-c2ccc(C)c(Cl)c2)C2=NCCCN12. The van der Waals surface area contributed by atoms with Crippen molar-refractivity contribution in [2.75, 3.05) is 25.4 Å². The third-order valence-electron chi connectivity index (χ3n) is 4.50. The van der Waals surface area contributed by atoms with E-state index < -0.39 is 0 Å². The number of aromatic nitrogens is 2. The van der Waals surface area contributed by atoms with Crippen molar-refractivity contribution in [2.24, 2.45) is 9.98 Å². The highest BCUT2D eigenvalue weighted by atomic mass is 35.5. The average molecular weight is 418 g/mol. The van der Waals surface area contributed by atoms with Crippen molar-refractivity contribution in [2.45, 2.75) is 20.3 Å². The van der Waals surface area contributed by atoms with Crippen LogP contribution in [0.1, 0.15) is 24.5 Å². The van der Waals surface area contributed by atoms with Gasteiger partial charge < -0.3 is 9.64 Å². The summed E-state index contributed by atoms with van der Waals surface area (Å²) >= 11 is 7.66. The Morgan fingerprint density at radius 3 is 3.04 bits per heavy atom. The first-order valence-corrected chi connectivity index (χ1v) is 10.5. The Bertz CT molecular complexity index is 985. The van der Waals surface area contributed by atoms with E-state index in [9.17, 15) is 4.79 Å². The number of carbonyl (C=O) groups excluding carboxylic acids is 1. The summed E-state index contributed by atoms with van der Waals surface area (Å²) in [5, 5.41) is 5.94. The van der Waals surface area contributed by atoms with E-state index in [2.05, 4.69) is 10.00 Å². The number of nitrogens with zero attached hydrogens (tertiary/aromatic N) is 5. The lowest BCUT2D eigenvalue weighted by atomic mass is 10.2. The van der Waals surface area contributed by atoms with Crippen LogP contribution in [0.25, 0.3) is 5.69 Å². The minimum Gasteiger partial charge on any atom is -0.465 e. The Morgan fingerprint density at radius 1 is 1.39 bits per heavy atom. The Hall–Kier alpha value is -2.32. The van der Waals surface area contributed by atoms with Crippen LogP contribution in [0.5, 0.6) is 0 Å². The molecule has 0 aliphatic carbocycles. The lowest BCUT2D eigenvalue weighted by molar-refractivity contribution is -0.139. The molecule has 1 aromatic carbocycles. The number of carbonyl (C=O) groups is 1.